The quantitative estimate of drug-likeness (QED) is 0.634. The van der Waals surface area contributed by atoms with Crippen molar-refractivity contribution in [1.29, 1.82) is 0 Å². The molecule has 5 heteroatoms. The Morgan fingerprint density at radius 3 is 2.60 bits per heavy atom. The Hall–Kier alpha value is -2.53. The summed E-state index contributed by atoms with van der Waals surface area (Å²) in [7, 11) is 0. The van der Waals surface area contributed by atoms with E-state index in [4.69, 9.17) is 0 Å². The normalized spacial score (nSPS) is 18.4. The molecular formula is C25H28N2O2S. The Balaban J connectivity index is 1.60. The number of likely N-dealkylation sites (tertiary alicyclic amines) is 1. The molecule has 0 aromatic heterocycles. The van der Waals surface area contributed by atoms with Gasteiger partial charge in [-0.2, -0.15) is 4.99 Å². The van der Waals surface area contributed by atoms with Gasteiger partial charge in [-0.25, -0.2) is 0 Å². The molecule has 0 bridgehead atoms. The summed E-state index contributed by atoms with van der Waals surface area (Å²) >= 11 is 1.48. The lowest BCUT2D eigenvalue weighted by atomic mass is 9.80. The number of aliphatic imine (C=N–C) groups is 1. The van der Waals surface area contributed by atoms with Crippen LogP contribution in [0.1, 0.15) is 51.2 Å². The number of benzene rings is 2. The molecule has 2 heterocycles. The van der Waals surface area contributed by atoms with Gasteiger partial charge >= 0.3 is 0 Å². The summed E-state index contributed by atoms with van der Waals surface area (Å²) in [5.41, 5.74) is 3.95. The average Bonchev–Trinajstić information content (AvgIpc) is 3.39. The molecule has 0 atom stereocenters. The van der Waals surface area contributed by atoms with Crippen molar-refractivity contribution in [3.8, 4) is 16.9 Å². The Morgan fingerprint density at radius 1 is 1.13 bits per heavy atom. The first-order valence-electron chi connectivity index (χ1n) is 10.6. The molecule has 1 N–H and O–H groups in total. The van der Waals surface area contributed by atoms with Gasteiger partial charge in [-0.1, -0.05) is 45.0 Å². The van der Waals surface area contributed by atoms with Crippen LogP contribution in [0, 0.1) is 0 Å². The zero-order valence-corrected chi connectivity index (χ0v) is 18.6. The number of hydrogen-bond donors (Lipinski definition) is 1. The van der Waals surface area contributed by atoms with E-state index in [0.717, 1.165) is 59.8 Å². The van der Waals surface area contributed by atoms with Crippen LogP contribution in [0.2, 0.25) is 0 Å². The van der Waals surface area contributed by atoms with E-state index >= 15 is 0 Å². The summed E-state index contributed by atoms with van der Waals surface area (Å²) < 4.78 is 0. The van der Waals surface area contributed by atoms with Crippen LogP contribution >= 0.6 is 11.8 Å². The topological polar surface area (TPSA) is 52.9 Å². The summed E-state index contributed by atoms with van der Waals surface area (Å²) in [6.45, 7) is 8.40. The molecule has 2 aromatic carbocycles. The molecule has 2 aromatic rings. The number of phenolic OH excluding ortho intramolecular Hbond substituents is 1. The van der Waals surface area contributed by atoms with E-state index in [1.807, 2.05) is 24.3 Å². The van der Waals surface area contributed by atoms with Gasteiger partial charge in [-0.3, -0.25) is 4.79 Å². The molecule has 4 nitrogen and oxygen atoms in total. The average molecular weight is 421 g/mol. The van der Waals surface area contributed by atoms with Gasteiger partial charge in [0.25, 0.3) is 5.91 Å². The van der Waals surface area contributed by atoms with Crippen molar-refractivity contribution in [2.45, 2.75) is 45.4 Å². The molecule has 0 spiro atoms. The second-order valence-electron chi connectivity index (χ2n) is 8.60. The van der Waals surface area contributed by atoms with Gasteiger partial charge in [-0.15, -0.1) is 0 Å². The number of carbonyl (C=O) groups is 1. The van der Waals surface area contributed by atoms with E-state index in [2.05, 4.69) is 48.9 Å². The Morgan fingerprint density at radius 2 is 1.87 bits per heavy atom. The molecule has 2 aliphatic rings. The second kappa shape index (κ2) is 8.31. The minimum atomic E-state index is -0.149. The molecule has 156 valence electrons. The molecule has 0 unspecified atom stereocenters. The van der Waals surface area contributed by atoms with Crippen molar-refractivity contribution in [2.24, 2.45) is 4.99 Å². The molecule has 1 saturated heterocycles. The third kappa shape index (κ3) is 4.17. The predicted octanol–water partition coefficient (Wildman–Crippen LogP) is 5.81. The third-order valence-corrected chi connectivity index (χ3v) is 7.16. The first-order chi connectivity index (χ1) is 14.4. The fourth-order valence-corrected chi connectivity index (χ4v) is 4.81. The minimum absolute atomic E-state index is 0.101. The SMILES string of the molecule is CCC(C)(C)c1cc(-c2cccc(C=C3SC(N4CCCC4)=NC3=O)c2)ccc1O. The van der Waals surface area contributed by atoms with Gasteiger partial charge < -0.3 is 10.0 Å². The summed E-state index contributed by atoms with van der Waals surface area (Å²) in [6.07, 6.45) is 5.20. The lowest BCUT2D eigenvalue weighted by Crippen LogP contribution is -2.23. The first kappa shape index (κ1) is 20.7. The Labute approximate surface area is 182 Å². The van der Waals surface area contributed by atoms with E-state index in [1.54, 1.807) is 6.07 Å². The van der Waals surface area contributed by atoms with Crippen LogP contribution in [0.15, 0.2) is 52.4 Å². The lowest BCUT2D eigenvalue weighted by molar-refractivity contribution is -0.113. The molecule has 4 rings (SSSR count). The van der Waals surface area contributed by atoms with E-state index in [0.29, 0.717) is 10.7 Å². The van der Waals surface area contributed by atoms with Crippen LogP contribution in [0.5, 0.6) is 5.75 Å². The number of carbonyl (C=O) groups excluding carboxylic acids is 1. The zero-order valence-electron chi connectivity index (χ0n) is 17.8. The maximum atomic E-state index is 12.4. The molecule has 0 saturated carbocycles. The fraction of sp³-hybridized carbons (Fsp3) is 0.360. The van der Waals surface area contributed by atoms with E-state index < -0.39 is 0 Å². The lowest BCUT2D eigenvalue weighted by Gasteiger charge is -2.25. The Kier molecular flexibility index (Phi) is 5.74. The number of aromatic hydroxyl groups is 1. The van der Waals surface area contributed by atoms with Gasteiger partial charge in [0.05, 0.1) is 4.91 Å². The maximum absolute atomic E-state index is 12.4. The number of nitrogens with zero attached hydrogens (tertiary/aromatic N) is 2. The number of amides is 1. The molecule has 30 heavy (non-hydrogen) atoms. The van der Waals surface area contributed by atoms with Crippen LogP contribution in [0.3, 0.4) is 0 Å². The molecule has 0 radical (unpaired) electrons. The highest BCUT2D eigenvalue weighted by atomic mass is 32.2. The van der Waals surface area contributed by atoms with E-state index in [1.165, 1.54) is 11.8 Å². The largest absolute Gasteiger partial charge is 0.508 e. The number of hydrogen-bond acceptors (Lipinski definition) is 4. The highest BCUT2D eigenvalue weighted by Crippen LogP contribution is 2.37. The fourth-order valence-electron chi connectivity index (χ4n) is 3.85. The molecular weight excluding hydrogens is 392 g/mol. The number of phenols is 1. The van der Waals surface area contributed by atoms with E-state index in [-0.39, 0.29) is 11.3 Å². The highest BCUT2D eigenvalue weighted by Gasteiger charge is 2.27. The van der Waals surface area contributed by atoms with Crippen molar-refractivity contribution in [3.05, 3.63) is 58.5 Å². The van der Waals surface area contributed by atoms with Crippen LogP contribution in [0.25, 0.3) is 17.2 Å². The van der Waals surface area contributed by atoms with Crippen LogP contribution in [-0.2, 0) is 10.2 Å². The highest BCUT2D eigenvalue weighted by molar-refractivity contribution is 8.18. The molecule has 0 aliphatic carbocycles. The maximum Gasteiger partial charge on any atom is 0.286 e. The van der Waals surface area contributed by atoms with Crippen LogP contribution in [0.4, 0.5) is 0 Å². The van der Waals surface area contributed by atoms with Gasteiger partial charge in [0.1, 0.15) is 5.75 Å². The second-order valence-corrected chi connectivity index (χ2v) is 9.61. The van der Waals surface area contributed by atoms with Gasteiger partial charge in [0, 0.05) is 18.7 Å². The minimum Gasteiger partial charge on any atom is -0.508 e. The van der Waals surface area contributed by atoms with E-state index in [9.17, 15) is 9.90 Å². The van der Waals surface area contributed by atoms with Gasteiger partial charge in [0.15, 0.2) is 5.17 Å². The van der Waals surface area contributed by atoms with Crippen molar-refractivity contribution in [1.82, 2.24) is 4.90 Å². The van der Waals surface area contributed by atoms with Crippen molar-refractivity contribution in [2.75, 3.05) is 13.1 Å². The molecule has 1 fully saturated rings. The summed E-state index contributed by atoms with van der Waals surface area (Å²) in [4.78, 5) is 19.5. The first-order valence-corrected chi connectivity index (χ1v) is 11.4. The van der Waals surface area contributed by atoms with Crippen molar-refractivity contribution < 1.29 is 9.90 Å². The summed E-state index contributed by atoms with van der Waals surface area (Å²) in [5, 5.41) is 11.2. The Bertz CT molecular complexity index is 1030. The summed E-state index contributed by atoms with van der Waals surface area (Å²) in [5.74, 6) is 0.187. The van der Waals surface area contributed by atoms with Crippen molar-refractivity contribution in [3.63, 3.8) is 0 Å². The van der Waals surface area contributed by atoms with Crippen molar-refractivity contribution >= 4 is 28.9 Å². The predicted molar refractivity (Wildman–Crippen MR) is 126 cm³/mol. The third-order valence-electron chi connectivity index (χ3n) is 6.11. The zero-order chi connectivity index (χ0) is 21.3. The number of rotatable bonds is 4. The monoisotopic (exact) mass is 420 g/mol. The van der Waals surface area contributed by atoms with Crippen LogP contribution < -0.4 is 0 Å². The molecule has 2 aliphatic heterocycles. The standard InChI is InChI=1S/C25H28N2O2S/c1-4-25(2,3)20-16-19(10-11-21(20)28)18-9-7-8-17(14-18)15-22-23(29)26-24(30-22)27-12-5-6-13-27/h7-11,14-16,28H,4-6,12-13H2,1-3H3. The summed E-state index contributed by atoms with van der Waals surface area (Å²) in [6, 6.07) is 14.0. The van der Waals surface area contributed by atoms with Gasteiger partial charge in [-0.05, 0) is 77.4 Å². The van der Waals surface area contributed by atoms with Crippen LogP contribution in [-0.4, -0.2) is 34.2 Å². The van der Waals surface area contributed by atoms with Gasteiger partial charge in [0.2, 0.25) is 0 Å². The number of thioether (sulfide) groups is 1. The smallest absolute Gasteiger partial charge is 0.286 e. The molecule has 1 amide bonds. The number of amidine groups is 1.